The summed E-state index contributed by atoms with van der Waals surface area (Å²) in [6.07, 6.45) is 7.61. The number of ether oxygens (including phenoxy) is 3. The molecule has 0 aromatic rings. The summed E-state index contributed by atoms with van der Waals surface area (Å²) in [5, 5.41) is 19.0. The molecular formula is C22H28N2O4. The van der Waals surface area contributed by atoms with E-state index < -0.39 is 5.97 Å². The van der Waals surface area contributed by atoms with Gasteiger partial charge >= 0.3 is 5.97 Å². The molecule has 6 nitrogen and oxygen atoms in total. The van der Waals surface area contributed by atoms with Crippen LogP contribution in [0.4, 0.5) is 0 Å². The smallest absolute Gasteiger partial charge is 0.330 e. The van der Waals surface area contributed by atoms with Crippen molar-refractivity contribution in [3.63, 3.8) is 0 Å². The van der Waals surface area contributed by atoms with Crippen LogP contribution in [0.2, 0.25) is 0 Å². The number of hydrogen-bond donors (Lipinski definition) is 0. The Labute approximate surface area is 166 Å². The van der Waals surface area contributed by atoms with Crippen molar-refractivity contribution in [2.45, 2.75) is 76.3 Å². The molecule has 0 N–H and O–H groups in total. The first kappa shape index (κ1) is 20.6. The van der Waals surface area contributed by atoms with Crippen LogP contribution in [0.5, 0.6) is 0 Å². The third-order valence-corrected chi connectivity index (χ3v) is 6.16. The van der Waals surface area contributed by atoms with E-state index in [2.05, 4.69) is 18.7 Å². The molecule has 6 atom stereocenters. The van der Waals surface area contributed by atoms with Crippen LogP contribution in [0.1, 0.15) is 51.9 Å². The predicted octanol–water partition coefficient (Wildman–Crippen LogP) is 3.59. The standard InChI is InChI=1S/C22H28N2O4/c1-3-21(25)27-14(2)13-26-16-8-9-18-20(10-16)28-19-7-5-4-6-17(19)22(18)15(11-23)12-24/h3,14,16-20H,1,4-10,13H2,2H3. The lowest BCUT2D eigenvalue weighted by Crippen LogP contribution is -2.48. The molecule has 2 aliphatic carbocycles. The maximum absolute atomic E-state index is 11.3. The molecule has 1 heterocycles. The van der Waals surface area contributed by atoms with Gasteiger partial charge in [0.05, 0.1) is 24.9 Å². The van der Waals surface area contributed by atoms with Gasteiger partial charge < -0.3 is 14.2 Å². The molecule has 1 aliphatic heterocycles. The van der Waals surface area contributed by atoms with Gasteiger partial charge in [-0.2, -0.15) is 10.5 Å². The Kier molecular flexibility index (Phi) is 6.88. The highest BCUT2D eigenvalue weighted by atomic mass is 16.6. The number of allylic oxidation sites excluding steroid dienone is 1. The van der Waals surface area contributed by atoms with Crippen LogP contribution in [0.25, 0.3) is 0 Å². The van der Waals surface area contributed by atoms with Crippen molar-refractivity contribution in [1.82, 2.24) is 0 Å². The fourth-order valence-electron chi connectivity index (χ4n) is 4.94. The first-order chi connectivity index (χ1) is 13.6. The van der Waals surface area contributed by atoms with Gasteiger partial charge in [-0.05, 0) is 38.2 Å². The van der Waals surface area contributed by atoms with E-state index in [0.29, 0.717) is 12.2 Å². The van der Waals surface area contributed by atoms with Crippen molar-refractivity contribution < 1.29 is 19.0 Å². The van der Waals surface area contributed by atoms with Gasteiger partial charge in [0.25, 0.3) is 0 Å². The first-order valence-corrected chi connectivity index (χ1v) is 10.2. The van der Waals surface area contributed by atoms with Gasteiger partial charge in [0.2, 0.25) is 0 Å². The Morgan fingerprint density at radius 1 is 1.21 bits per heavy atom. The molecule has 0 amide bonds. The molecule has 150 valence electrons. The van der Waals surface area contributed by atoms with E-state index in [1.807, 2.05) is 0 Å². The maximum Gasteiger partial charge on any atom is 0.330 e. The Balaban J connectivity index is 1.67. The van der Waals surface area contributed by atoms with E-state index in [4.69, 9.17) is 14.2 Å². The van der Waals surface area contributed by atoms with Crippen molar-refractivity contribution in [1.29, 1.82) is 10.5 Å². The average Bonchev–Trinajstić information content (AvgIpc) is 2.72. The highest BCUT2D eigenvalue weighted by molar-refractivity contribution is 5.81. The van der Waals surface area contributed by atoms with Gasteiger partial charge in [0.1, 0.15) is 23.8 Å². The van der Waals surface area contributed by atoms with Gasteiger partial charge in [-0.25, -0.2) is 4.79 Å². The molecule has 6 unspecified atom stereocenters. The molecule has 3 aliphatic rings. The zero-order chi connectivity index (χ0) is 20.1. The van der Waals surface area contributed by atoms with Gasteiger partial charge in [0.15, 0.2) is 0 Å². The molecule has 0 bridgehead atoms. The summed E-state index contributed by atoms with van der Waals surface area (Å²) < 4.78 is 17.6. The van der Waals surface area contributed by atoms with Gasteiger partial charge in [-0.1, -0.05) is 19.4 Å². The summed E-state index contributed by atoms with van der Waals surface area (Å²) in [5.41, 5.74) is 1.33. The second-order valence-electron chi connectivity index (χ2n) is 7.98. The van der Waals surface area contributed by atoms with E-state index in [-0.39, 0.29) is 36.3 Å². The SMILES string of the molecule is C=CC(=O)OC(C)COC1CCC2C(=C(C#N)C#N)C3CCCCC3OC2C1. The summed E-state index contributed by atoms with van der Waals surface area (Å²) >= 11 is 0. The van der Waals surface area contributed by atoms with Crippen LogP contribution < -0.4 is 0 Å². The molecule has 2 saturated carbocycles. The normalized spacial score (nSPS) is 32.7. The minimum Gasteiger partial charge on any atom is -0.457 e. The number of esters is 1. The largest absolute Gasteiger partial charge is 0.457 e. The lowest BCUT2D eigenvalue weighted by molar-refractivity contribution is -0.154. The van der Waals surface area contributed by atoms with E-state index in [0.717, 1.165) is 56.6 Å². The van der Waals surface area contributed by atoms with Crippen LogP contribution in [-0.2, 0) is 19.0 Å². The molecular weight excluding hydrogens is 356 g/mol. The zero-order valence-electron chi connectivity index (χ0n) is 16.4. The van der Waals surface area contributed by atoms with Gasteiger partial charge in [0, 0.05) is 24.3 Å². The second kappa shape index (κ2) is 9.37. The summed E-state index contributed by atoms with van der Waals surface area (Å²) in [7, 11) is 0. The van der Waals surface area contributed by atoms with Gasteiger partial charge in [-0.15, -0.1) is 0 Å². The Hall–Kier alpha value is -2.15. The molecule has 0 aromatic carbocycles. The Morgan fingerprint density at radius 2 is 1.93 bits per heavy atom. The monoisotopic (exact) mass is 384 g/mol. The summed E-state index contributed by atoms with van der Waals surface area (Å²) in [4.78, 5) is 11.3. The Bertz CT molecular complexity index is 701. The summed E-state index contributed by atoms with van der Waals surface area (Å²) in [5.74, 6) is -0.112. The number of nitriles is 2. The molecule has 3 fully saturated rings. The highest BCUT2D eigenvalue weighted by Crippen LogP contribution is 2.48. The maximum atomic E-state index is 11.3. The van der Waals surface area contributed by atoms with Crippen LogP contribution in [0.3, 0.4) is 0 Å². The lowest BCUT2D eigenvalue weighted by Gasteiger charge is -2.49. The van der Waals surface area contributed by atoms with E-state index in [1.165, 1.54) is 0 Å². The van der Waals surface area contributed by atoms with Crippen molar-refractivity contribution in [3.05, 3.63) is 23.8 Å². The predicted molar refractivity (Wildman–Crippen MR) is 102 cm³/mol. The first-order valence-electron chi connectivity index (χ1n) is 10.2. The number of nitrogens with zero attached hydrogens (tertiary/aromatic N) is 2. The minimum absolute atomic E-state index is 0.0177. The van der Waals surface area contributed by atoms with E-state index in [1.54, 1.807) is 6.92 Å². The van der Waals surface area contributed by atoms with Crippen molar-refractivity contribution >= 4 is 5.97 Å². The third-order valence-electron chi connectivity index (χ3n) is 6.16. The topological polar surface area (TPSA) is 92.3 Å². The molecule has 1 saturated heterocycles. The van der Waals surface area contributed by atoms with E-state index >= 15 is 0 Å². The second-order valence-corrected chi connectivity index (χ2v) is 7.98. The van der Waals surface area contributed by atoms with Crippen LogP contribution in [0, 0.1) is 34.5 Å². The summed E-state index contributed by atoms with van der Waals surface area (Å²) in [6.45, 7) is 5.52. The number of carbonyl (C=O) groups is 1. The lowest BCUT2D eigenvalue weighted by atomic mass is 9.67. The average molecular weight is 384 g/mol. The molecule has 0 spiro atoms. The highest BCUT2D eigenvalue weighted by Gasteiger charge is 2.46. The molecule has 0 radical (unpaired) electrons. The number of carbonyl (C=O) groups excluding carboxylic acids is 1. The van der Waals surface area contributed by atoms with Crippen LogP contribution >= 0.6 is 0 Å². The summed E-state index contributed by atoms with van der Waals surface area (Å²) in [6, 6.07) is 4.28. The quantitative estimate of drug-likeness (QED) is 0.409. The fraction of sp³-hybridized carbons (Fsp3) is 0.682. The molecule has 3 rings (SSSR count). The van der Waals surface area contributed by atoms with Crippen LogP contribution in [-0.4, -0.2) is 37.0 Å². The number of fused-ring (bicyclic) bond motifs is 2. The fourth-order valence-corrected chi connectivity index (χ4v) is 4.94. The van der Waals surface area contributed by atoms with Crippen molar-refractivity contribution in [2.75, 3.05) is 6.61 Å². The van der Waals surface area contributed by atoms with Crippen molar-refractivity contribution in [3.8, 4) is 12.1 Å². The molecule has 0 aromatic heterocycles. The van der Waals surface area contributed by atoms with Gasteiger partial charge in [-0.3, -0.25) is 0 Å². The Morgan fingerprint density at radius 3 is 2.64 bits per heavy atom. The third kappa shape index (κ3) is 4.46. The van der Waals surface area contributed by atoms with Crippen molar-refractivity contribution in [2.24, 2.45) is 11.8 Å². The number of rotatable bonds is 5. The zero-order valence-corrected chi connectivity index (χ0v) is 16.4. The number of hydrogen-bond acceptors (Lipinski definition) is 6. The molecule has 28 heavy (non-hydrogen) atoms. The van der Waals surface area contributed by atoms with Crippen LogP contribution in [0.15, 0.2) is 23.8 Å². The van der Waals surface area contributed by atoms with E-state index in [9.17, 15) is 15.3 Å². The minimum atomic E-state index is -0.450. The molecule has 6 heteroatoms.